The number of rotatable bonds is 18. The minimum atomic E-state index is -4.06. The summed E-state index contributed by atoms with van der Waals surface area (Å²) < 4.78 is 59.8. The molecule has 0 aromatic heterocycles. The SMILES string of the molecule is CC(=O)OC[C@H](OCc1ccccc1)[C@@H](OCc1ccccc1)[C@H](OCc1ccccc1)[C@@H](COC(C)=O)OS(C)(=O)=O. The monoisotopic (exact) mass is 614 g/mol. The summed E-state index contributed by atoms with van der Waals surface area (Å²) in [6.45, 7) is 2.05. The van der Waals surface area contributed by atoms with E-state index in [1.807, 2.05) is 91.0 Å². The Balaban J connectivity index is 2.04. The van der Waals surface area contributed by atoms with Gasteiger partial charge in [0, 0.05) is 13.8 Å². The van der Waals surface area contributed by atoms with Gasteiger partial charge < -0.3 is 23.7 Å². The summed E-state index contributed by atoms with van der Waals surface area (Å²) in [6, 6.07) is 27.9. The van der Waals surface area contributed by atoms with Crippen molar-refractivity contribution in [3.63, 3.8) is 0 Å². The summed E-state index contributed by atoms with van der Waals surface area (Å²) in [6.07, 6.45) is -3.62. The molecule has 0 amide bonds. The summed E-state index contributed by atoms with van der Waals surface area (Å²) in [4.78, 5) is 23.7. The van der Waals surface area contributed by atoms with Crippen LogP contribution in [0.5, 0.6) is 0 Å². The first-order valence-electron chi connectivity index (χ1n) is 13.7. The zero-order valence-electron chi connectivity index (χ0n) is 24.5. The predicted molar refractivity (Wildman–Crippen MR) is 158 cm³/mol. The van der Waals surface area contributed by atoms with Crippen LogP contribution >= 0.6 is 0 Å². The van der Waals surface area contributed by atoms with Crippen LogP contribution in [0.25, 0.3) is 0 Å². The van der Waals surface area contributed by atoms with E-state index in [1.54, 1.807) is 0 Å². The van der Waals surface area contributed by atoms with Crippen LogP contribution in [-0.2, 0) is 67.4 Å². The van der Waals surface area contributed by atoms with Crippen molar-refractivity contribution in [2.24, 2.45) is 0 Å². The topological polar surface area (TPSA) is 124 Å². The van der Waals surface area contributed by atoms with E-state index in [9.17, 15) is 18.0 Å². The van der Waals surface area contributed by atoms with Gasteiger partial charge in [0.15, 0.2) is 0 Å². The minimum Gasteiger partial charge on any atom is -0.463 e. The molecule has 232 valence electrons. The number of hydrogen-bond acceptors (Lipinski definition) is 10. The van der Waals surface area contributed by atoms with Gasteiger partial charge in [-0.25, -0.2) is 0 Å². The third-order valence-electron chi connectivity index (χ3n) is 6.13. The zero-order chi connectivity index (χ0) is 31.1. The summed E-state index contributed by atoms with van der Waals surface area (Å²) >= 11 is 0. The Hall–Kier alpha value is -3.61. The van der Waals surface area contributed by atoms with E-state index in [1.165, 1.54) is 13.8 Å². The van der Waals surface area contributed by atoms with E-state index in [4.69, 9.17) is 27.9 Å². The first-order valence-corrected chi connectivity index (χ1v) is 15.5. The summed E-state index contributed by atoms with van der Waals surface area (Å²) in [5.41, 5.74) is 2.47. The number of carbonyl (C=O) groups excluding carboxylic acids is 2. The Bertz CT molecular complexity index is 1350. The van der Waals surface area contributed by atoms with E-state index in [-0.39, 0.29) is 26.4 Å². The lowest BCUT2D eigenvalue weighted by Crippen LogP contribution is -2.52. The maximum absolute atomic E-state index is 12.4. The lowest BCUT2D eigenvalue weighted by Gasteiger charge is -2.36. The molecule has 3 rings (SSSR count). The third-order valence-corrected chi connectivity index (χ3v) is 6.73. The van der Waals surface area contributed by atoms with Crippen LogP contribution < -0.4 is 0 Å². The quantitative estimate of drug-likeness (QED) is 0.152. The highest BCUT2D eigenvalue weighted by molar-refractivity contribution is 7.86. The van der Waals surface area contributed by atoms with Crippen molar-refractivity contribution in [2.75, 3.05) is 19.5 Å². The Kier molecular flexibility index (Phi) is 13.8. The number of carbonyl (C=O) groups is 2. The van der Waals surface area contributed by atoms with Crippen LogP contribution in [0.15, 0.2) is 91.0 Å². The molecule has 0 bridgehead atoms. The van der Waals surface area contributed by atoms with E-state index in [0.717, 1.165) is 22.9 Å². The molecule has 0 N–H and O–H groups in total. The molecule has 11 heteroatoms. The van der Waals surface area contributed by atoms with Crippen molar-refractivity contribution in [2.45, 2.75) is 58.1 Å². The summed E-state index contributed by atoms with van der Waals surface area (Å²) in [5, 5.41) is 0. The molecular weight excluding hydrogens is 576 g/mol. The van der Waals surface area contributed by atoms with Gasteiger partial charge in [-0.05, 0) is 16.7 Å². The van der Waals surface area contributed by atoms with Gasteiger partial charge in [0.2, 0.25) is 0 Å². The van der Waals surface area contributed by atoms with Crippen LogP contribution in [0.4, 0.5) is 0 Å². The zero-order valence-corrected chi connectivity index (χ0v) is 25.3. The Morgan fingerprint density at radius 1 is 0.581 bits per heavy atom. The summed E-state index contributed by atoms with van der Waals surface area (Å²) in [7, 11) is -4.06. The van der Waals surface area contributed by atoms with E-state index in [2.05, 4.69) is 0 Å². The fourth-order valence-corrected chi connectivity index (χ4v) is 4.79. The van der Waals surface area contributed by atoms with Crippen LogP contribution in [-0.4, -0.2) is 64.2 Å². The van der Waals surface area contributed by atoms with Crippen LogP contribution in [0, 0.1) is 0 Å². The van der Waals surface area contributed by atoms with Gasteiger partial charge in [0.05, 0.1) is 26.1 Å². The van der Waals surface area contributed by atoms with Crippen LogP contribution in [0.1, 0.15) is 30.5 Å². The molecule has 4 atom stereocenters. The van der Waals surface area contributed by atoms with Crippen molar-refractivity contribution >= 4 is 22.1 Å². The van der Waals surface area contributed by atoms with Gasteiger partial charge in [-0.2, -0.15) is 8.42 Å². The molecule has 3 aromatic carbocycles. The lowest BCUT2D eigenvalue weighted by molar-refractivity contribution is -0.194. The highest BCUT2D eigenvalue weighted by Gasteiger charge is 2.41. The Morgan fingerprint density at radius 2 is 0.930 bits per heavy atom. The molecule has 0 radical (unpaired) electrons. The van der Waals surface area contributed by atoms with E-state index < -0.39 is 53.1 Å². The molecule has 0 aliphatic carbocycles. The van der Waals surface area contributed by atoms with Gasteiger partial charge in [0.1, 0.15) is 37.6 Å². The average molecular weight is 615 g/mol. The molecule has 0 unspecified atom stereocenters. The molecule has 0 fully saturated rings. The molecule has 43 heavy (non-hydrogen) atoms. The largest absolute Gasteiger partial charge is 0.463 e. The molecule has 0 heterocycles. The number of hydrogen-bond donors (Lipinski definition) is 0. The second-order valence-corrected chi connectivity index (χ2v) is 11.4. The maximum Gasteiger partial charge on any atom is 0.302 e. The molecule has 0 saturated carbocycles. The second-order valence-electron chi connectivity index (χ2n) is 9.80. The normalized spacial score (nSPS) is 14.3. The van der Waals surface area contributed by atoms with Gasteiger partial charge >= 0.3 is 11.9 Å². The average Bonchev–Trinajstić information content (AvgIpc) is 2.98. The maximum atomic E-state index is 12.4. The number of esters is 2. The van der Waals surface area contributed by atoms with E-state index in [0.29, 0.717) is 0 Å². The van der Waals surface area contributed by atoms with Gasteiger partial charge in [-0.15, -0.1) is 0 Å². The van der Waals surface area contributed by atoms with Crippen LogP contribution in [0.2, 0.25) is 0 Å². The highest BCUT2D eigenvalue weighted by Crippen LogP contribution is 2.24. The number of benzene rings is 3. The van der Waals surface area contributed by atoms with Gasteiger partial charge in [-0.1, -0.05) is 91.0 Å². The third kappa shape index (κ3) is 13.1. The first-order chi connectivity index (χ1) is 20.6. The fraction of sp³-hybridized carbons (Fsp3) is 0.375. The van der Waals surface area contributed by atoms with Crippen molar-refractivity contribution in [1.82, 2.24) is 0 Å². The lowest BCUT2D eigenvalue weighted by atomic mass is 10.0. The standard InChI is InChI=1S/C32H38O10S/c1-24(33)37-22-29(39-19-26-13-7-4-8-14-26)31(40-20-27-15-9-5-10-16-27)32(41-21-28-17-11-6-12-18-28)30(23-38-25(2)34)42-43(3,35)36/h4-18,29-32H,19-23H2,1-3H3/t29-,30+,31+,32+/m0/s1. The fourth-order valence-electron chi connectivity index (χ4n) is 4.18. The van der Waals surface area contributed by atoms with E-state index >= 15 is 0 Å². The molecule has 0 saturated heterocycles. The second kappa shape index (κ2) is 17.5. The van der Waals surface area contributed by atoms with Crippen molar-refractivity contribution in [3.8, 4) is 0 Å². The first kappa shape index (κ1) is 33.9. The number of ether oxygens (including phenoxy) is 5. The molecule has 3 aromatic rings. The predicted octanol–water partition coefficient (Wildman–Crippen LogP) is 4.21. The molecule has 0 spiro atoms. The highest BCUT2D eigenvalue weighted by atomic mass is 32.2. The summed E-state index contributed by atoms with van der Waals surface area (Å²) in [5.74, 6) is -1.18. The minimum absolute atomic E-state index is 0.0410. The Morgan fingerprint density at radius 3 is 1.30 bits per heavy atom. The molecule has 10 nitrogen and oxygen atoms in total. The molecular formula is C32H38O10S. The molecule has 0 aliphatic rings. The smallest absolute Gasteiger partial charge is 0.302 e. The Labute approximate surface area is 252 Å². The van der Waals surface area contributed by atoms with Crippen molar-refractivity contribution in [3.05, 3.63) is 108 Å². The molecule has 0 aliphatic heterocycles. The van der Waals surface area contributed by atoms with Crippen molar-refractivity contribution < 1.29 is 45.9 Å². The van der Waals surface area contributed by atoms with Crippen LogP contribution in [0.3, 0.4) is 0 Å². The van der Waals surface area contributed by atoms with Gasteiger partial charge in [-0.3, -0.25) is 13.8 Å². The van der Waals surface area contributed by atoms with Gasteiger partial charge in [0.25, 0.3) is 10.1 Å². The van der Waals surface area contributed by atoms with Crippen molar-refractivity contribution in [1.29, 1.82) is 0 Å².